The predicted octanol–water partition coefficient (Wildman–Crippen LogP) is 3.93. The Hall–Kier alpha value is -1.82. The largest absolute Gasteiger partial charge is 0.493 e. The lowest BCUT2D eigenvalue weighted by molar-refractivity contribution is 0.279. The Kier molecular flexibility index (Phi) is 7.98. The van der Waals surface area contributed by atoms with Gasteiger partial charge in [0.05, 0.1) is 7.11 Å². The number of benzene rings is 2. The molecule has 136 valence electrons. The van der Waals surface area contributed by atoms with Crippen molar-refractivity contribution in [1.82, 2.24) is 5.32 Å². The Morgan fingerprint density at radius 3 is 2.64 bits per heavy atom. The van der Waals surface area contributed by atoms with E-state index in [0.717, 1.165) is 24.9 Å². The minimum absolute atomic E-state index is 0.0954. The van der Waals surface area contributed by atoms with Gasteiger partial charge in [0.1, 0.15) is 12.4 Å². The monoisotopic (exact) mass is 367 g/mol. The molecule has 2 rings (SSSR count). The number of ether oxygens (including phenoxy) is 2. The van der Waals surface area contributed by atoms with Crippen LogP contribution in [0.2, 0.25) is 5.02 Å². The SMILES string of the molecule is COc1cc(CNCCCCO)c(Cl)cc1OCc1ccccc1F. The van der Waals surface area contributed by atoms with Crippen LogP contribution in [0.4, 0.5) is 4.39 Å². The Balaban J connectivity index is 2.01. The van der Waals surface area contributed by atoms with Crippen LogP contribution in [0.5, 0.6) is 11.5 Å². The van der Waals surface area contributed by atoms with Crippen LogP contribution in [0.15, 0.2) is 36.4 Å². The quantitative estimate of drug-likeness (QED) is 0.625. The number of hydrogen-bond donors (Lipinski definition) is 2. The van der Waals surface area contributed by atoms with Crippen LogP contribution in [0.25, 0.3) is 0 Å². The highest BCUT2D eigenvalue weighted by Crippen LogP contribution is 2.34. The fourth-order valence-electron chi connectivity index (χ4n) is 2.34. The molecule has 2 aromatic rings. The predicted molar refractivity (Wildman–Crippen MR) is 96.8 cm³/mol. The molecule has 0 saturated heterocycles. The van der Waals surface area contributed by atoms with E-state index in [4.69, 9.17) is 26.2 Å². The lowest BCUT2D eigenvalue weighted by atomic mass is 10.2. The number of methoxy groups -OCH3 is 1. The van der Waals surface area contributed by atoms with Crippen LogP contribution < -0.4 is 14.8 Å². The summed E-state index contributed by atoms with van der Waals surface area (Å²) in [6.07, 6.45) is 1.67. The highest BCUT2D eigenvalue weighted by Gasteiger charge is 2.11. The summed E-state index contributed by atoms with van der Waals surface area (Å²) in [5, 5.41) is 12.6. The summed E-state index contributed by atoms with van der Waals surface area (Å²) in [4.78, 5) is 0. The van der Waals surface area contributed by atoms with Gasteiger partial charge < -0.3 is 19.9 Å². The van der Waals surface area contributed by atoms with Gasteiger partial charge in [-0.05, 0) is 37.1 Å². The molecule has 0 saturated carbocycles. The molecule has 4 nitrogen and oxygen atoms in total. The molecule has 0 fully saturated rings. The molecular formula is C19H23ClFNO3. The number of unbranched alkanes of at least 4 members (excludes halogenated alkanes) is 1. The molecule has 2 N–H and O–H groups in total. The zero-order chi connectivity index (χ0) is 18.1. The third-order valence-corrected chi connectivity index (χ3v) is 4.10. The number of rotatable bonds is 10. The number of nitrogens with one attached hydrogen (secondary N) is 1. The third kappa shape index (κ3) is 5.88. The average molecular weight is 368 g/mol. The molecule has 0 bridgehead atoms. The number of aliphatic hydroxyl groups excluding tert-OH is 1. The Morgan fingerprint density at radius 2 is 1.92 bits per heavy atom. The Labute approximate surface area is 152 Å². The molecule has 0 unspecified atom stereocenters. The molecule has 6 heteroatoms. The standard InChI is InChI=1S/C19H23ClFNO3/c1-24-18-10-15(12-22-8-4-5-9-23)16(20)11-19(18)25-13-14-6-2-3-7-17(14)21/h2-3,6-7,10-11,22-23H,4-5,8-9,12-13H2,1H3. The highest BCUT2D eigenvalue weighted by molar-refractivity contribution is 6.31. The van der Waals surface area contributed by atoms with Gasteiger partial charge in [0.2, 0.25) is 0 Å². The zero-order valence-corrected chi connectivity index (χ0v) is 15.0. The van der Waals surface area contributed by atoms with Crippen molar-refractivity contribution in [3.63, 3.8) is 0 Å². The summed E-state index contributed by atoms with van der Waals surface area (Å²) < 4.78 is 24.7. The van der Waals surface area contributed by atoms with Crippen LogP contribution in [0.1, 0.15) is 24.0 Å². The van der Waals surface area contributed by atoms with Crippen molar-refractivity contribution in [3.8, 4) is 11.5 Å². The number of hydrogen-bond acceptors (Lipinski definition) is 4. The van der Waals surface area contributed by atoms with Crippen molar-refractivity contribution in [2.45, 2.75) is 26.0 Å². The second kappa shape index (κ2) is 10.2. The van der Waals surface area contributed by atoms with Crippen molar-refractivity contribution >= 4 is 11.6 Å². The average Bonchev–Trinajstić information content (AvgIpc) is 2.62. The molecular weight excluding hydrogens is 345 g/mol. The maximum absolute atomic E-state index is 13.7. The molecule has 0 aliphatic heterocycles. The molecule has 0 radical (unpaired) electrons. The van der Waals surface area contributed by atoms with Crippen LogP contribution in [-0.4, -0.2) is 25.4 Å². The maximum atomic E-state index is 13.7. The van der Waals surface area contributed by atoms with Crippen molar-refractivity contribution in [1.29, 1.82) is 0 Å². The summed E-state index contributed by atoms with van der Waals surface area (Å²) in [7, 11) is 1.55. The van der Waals surface area contributed by atoms with E-state index < -0.39 is 0 Å². The lowest BCUT2D eigenvalue weighted by Gasteiger charge is -2.14. The summed E-state index contributed by atoms with van der Waals surface area (Å²) in [5.41, 5.74) is 1.36. The molecule has 0 heterocycles. The van der Waals surface area contributed by atoms with Crippen molar-refractivity contribution in [2.75, 3.05) is 20.3 Å². The van der Waals surface area contributed by atoms with E-state index in [1.165, 1.54) is 6.07 Å². The van der Waals surface area contributed by atoms with Crippen molar-refractivity contribution < 1.29 is 19.0 Å². The molecule has 2 aromatic carbocycles. The topological polar surface area (TPSA) is 50.7 Å². The summed E-state index contributed by atoms with van der Waals surface area (Å²) in [6.45, 7) is 1.68. The first-order valence-corrected chi connectivity index (χ1v) is 8.57. The van der Waals surface area contributed by atoms with Crippen molar-refractivity contribution in [2.24, 2.45) is 0 Å². The first-order valence-electron chi connectivity index (χ1n) is 8.20. The van der Waals surface area contributed by atoms with E-state index in [-0.39, 0.29) is 19.0 Å². The molecule has 0 aliphatic rings. The fraction of sp³-hybridized carbons (Fsp3) is 0.368. The van der Waals surface area contributed by atoms with E-state index in [1.807, 2.05) is 6.07 Å². The van der Waals surface area contributed by atoms with Gasteiger partial charge >= 0.3 is 0 Å². The van der Waals surface area contributed by atoms with E-state index >= 15 is 0 Å². The van der Waals surface area contributed by atoms with Gasteiger partial charge in [-0.3, -0.25) is 0 Å². The second-order valence-electron chi connectivity index (χ2n) is 5.58. The molecule has 0 aromatic heterocycles. The minimum Gasteiger partial charge on any atom is -0.493 e. The minimum atomic E-state index is -0.309. The Bertz CT molecular complexity index is 682. The Morgan fingerprint density at radius 1 is 1.12 bits per heavy atom. The number of aliphatic hydroxyl groups is 1. The van der Waals surface area contributed by atoms with E-state index in [2.05, 4.69) is 5.32 Å². The second-order valence-corrected chi connectivity index (χ2v) is 5.99. The first-order chi connectivity index (χ1) is 12.2. The van der Waals surface area contributed by atoms with Crippen LogP contribution >= 0.6 is 11.6 Å². The van der Waals surface area contributed by atoms with E-state index in [0.29, 0.717) is 28.6 Å². The molecule has 0 amide bonds. The molecule has 25 heavy (non-hydrogen) atoms. The van der Waals surface area contributed by atoms with Gasteiger partial charge in [-0.1, -0.05) is 29.8 Å². The fourth-order valence-corrected chi connectivity index (χ4v) is 2.56. The third-order valence-electron chi connectivity index (χ3n) is 3.75. The summed E-state index contributed by atoms with van der Waals surface area (Å²) in [5.74, 6) is 0.712. The van der Waals surface area contributed by atoms with Gasteiger partial charge in [0, 0.05) is 29.8 Å². The first kappa shape index (κ1) is 19.5. The van der Waals surface area contributed by atoms with Gasteiger partial charge in [-0.2, -0.15) is 0 Å². The molecule has 0 spiro atoms. The van der Waals surface area contributed by atoms with E-state index in [9.17, 15) is 4.39 Å². The van der Waals surface area contributed by atoms with Gasteiger partial charge in [-0.15, -0.1) is 0 Å². The molecule has 0 atom stereocenters. The smallest absolute Gasteiger partial charge is 0.163 e. The van der Waals surface area contributed by atoms with Gasteiger partial charge in [0.15, 0.2) is 11.5 Å². The van der Waals surface area contributed by atoms with E-state index in [1.54, 1.807) is 31.4 Å². The van der Waals surface area contributed by atoms with Crippen molar-refractivity contribution in [3.05, 3.63) is 58.4 Å². The summed E-state index contributed by atoms with van der Waals surface area (Å²) in [6, 6.07) is 9.97. The van der Waals surface area contributed by atoms with Crippen LogP contribution in [-0.2, 0) is 13.2 Å². The lowest BCUT2D eigenvalue weighted by Crippen LogP contribution is -2.15. The maximum Gasteiger partial charge on any atom is 0.163 e. The van der Waals surface area contributed by atoms with Crippen LogP contribution in [0, 0.1) is 5.82 Å². The van der Waals surface area contributed by atoms with Gasteiger partial charge in [0.25, 0.3) is 0 Å². The molecule has 0 aliphatic carbocycles. The number of halogens is 2. The summed E-state index contributed by atoms with van der Waals surface area (Å²) >= 11 is 6.32. The van der Waals surface area contributed by atoms with Crippen LogP contribution in [0.3, 0.4) is 0 Å². The highest BCUT2D eigenvalue weighted by atomic mass is 35.5. The van der Waals surface area contributed by atoms with Gasteiger partial charge in [-0.25, -0.2) is 4.39 Å². The normalized spacial score (nSPS) is 10.7. The zero-order valence-electron chi connectivity index (χ0n) is 14.2.